The number of likely N-dealkylation sites (tertiary alicyclic amines) is 1. The molecule has 2 aliphatic rings. The fraction of sp³-hybridized carbons (Fsp3) is 0.667. The monoisotopic (exact) mass is 294 g/mol. The zero-order valence-electron chi connectivity index (χ0n) is 11.7. The summed E-state index contributed by atoms with van der Waals surface area (Å²) in [5, 5.41) is 7.38. The van der Waals surface area contributed by atoms with Crippen molar-refractivity contribution in [3.63, 3.8) is 0 Å². The highest BCUT2D eigenvalue weighted by atomic mass is 32.1. The number of thiophene rings is 1. The standard InChI is InChI=1S/C15H22N2O2S/c18-15(16-10-14-2-1-8-19-14)17-6-3-12(4-7-17)13-5-9-20-11-13/h5,9,11-12,14H,1-4,6-8,10H2,(H,16,18)/t14-/m0/s1. The van der Waals surface area contributed by atoms with Crippen LogP contribution in [-0.2, 0) is 4.74 Å². The third-order valence-electron chi connectivity index (χ3n) is 4.30. The second kappa shape index (κ2) is 6.59. The van der Waals surface area contributed by atoms with Crippen LogP contribution in [0.4, 0.5) is 4.79 Å². The number of ether oxygens (including phenoxy) is 1. The minimum absolute atomic E-state index is 0.0734. The maximum absolute atomic E-state index is 12.1. The summed E-state index contributed by atoms with van der Waals surface area (Å²) in [6, 6.07) is 2.28. The van der Waals surface area contributed by atoms with Crippen molar-refractivity contribution >= 4 is 17.4 Å². The van der Waals surface area contributed by atoms with Crippen LogP contribution in [0.1, 0.15) is 37.2 Å². The molecule has 1 N–H and O–H groups in total. The van der Waals surface area contributed by atoms with Crippen molar-refractivity contribution in [3.8, 4) is 0 Å². The summed E-state index contributed by atoms with van der Waals surface area (Å²) in [7, 11) is 0. The van der Waals surface area contributed by atoms with E-state index >= 15 is 0 Å². The molecule has 3 heterocycles. The Morgan fingerprint density at radius 3 is 2.90 bits per heavy atom. The minimum Gasteiger partial charge on any atom is -0.376 e. The number of urea groups is 1. The van der Waals surface area contributed by atoms with Gasteiger partial charge in [0.05, 0.1) is 6.10 Å². The molecule has 0 saturated carbocycles. The van der Waals surface area contributed by atoms with Crippen LogP contribution >= 0.6 is 11.3 Å². The number of amides is 2. The predicted molar refractivity (Wildman–Crippen MR) is 80.2 cm³/mol. The van der Waals surface area contributed by atoms with E-state index in [0.29, 0.717) is 12.5 Å². The lowest BCUT2D eigenvalue weighted by Crippen LogP contribution is -2.46. The third kappa shape index (κ3) is 3.33. The normalized spacial score (nSPS) is 24.0. The Bertz CT molecular complexity index is 421. The first-order chi connectivity index (χ1) is 9.83. The topological polar surface area (TPSA) is 41.6 Å². The lowest BCUT2D eigenvalue weighted by Gasteiger charge is -2.32. The predicted octanol–water partition coefficient (Wildman–Crippen LogP) is 2.82. The van der Waals surface area contributed by atoms with Crippen molar-refractivity contribution in [1.29, 1.82) is 0 Å². The maximum atomic E-state index is 12.1. The first kappa shape index (κ1) is 13.9. The Hall–Kier alpha value is -1.07. The lowest BCUT2D eigenvalue weighted by molar-refractivity contribution is 0.108. The van der Waals surface area contributed by atoms with Gasteiger partial charge < -0.3 is 15.0 Å². The van der Waals surface area contributed by atoms with Crippen LogP contribution in [0, 0.1) is 0 Å². The van der Waals surface area contributed by atoms with Gasteiger partial charge in [0.1, 0.15) is 0 Å². The second-order valence-corrected chi connectivity index (χ2v) is 6.42. The molecule has 1 aromatic heterocycles. The van der Waals surface area contributed by atoms with E-state index in [1.165, 1.54) is 5.56 Å². The van der Waals surface area contributed by atoms with Gasteiger partial charge in [0.15, 0.2) is 0 Å². The zero-order valence-corrected chi connectivity index (χ0v) is 12.5. The number of piperidine rings is 1. The highest BCUT2D eigenvalue weighted by molar-refractivity contribution is 7.07. The van der Waals surface area contributed by atoms with E-state index in [-0.39, 0.29) is 12.1 Å². The van der Waals surface area contributed by atoms with Gasteiger partial charge in [0.25, 0.3) is 0 Å². The molecule has 0 radical (unpaired) electrons. The summed E-state index contributed by atoms with van der Waals surface area (Å²) < 4.78 is 5.52. The Labute approximate surface area is 124 Å². The largest absolute Gasteiger partial charge is 0.376 e. The highest BCUT2D eigenvalue weighted by Gasteiger charge is 2.24. The molecule has 1 aromatic rings. The first-order valence-electron chi connectivity index (χ1n) is 7.49. The van der Waals surface area contributed by atoms with Crippen molar-refractivity contribution in [1.82, 2.24) is 10.2 Å². The molecule has 0 aromatic carbocycles. The summed E-state index contributed by atoms with van der Waals surface area (Å²) in [5.41, 5.74) is 1.44. The van der Waals surface area contributed by atoms with E-state index in [1.807, 2.05) is 4.90 Å². The molecule has 20 heavy (non-hydrogen) atoms. The van der Waals surface area contributed by atoms with Gasteiger partial charge in [-0.1, -0.05) is 0 Å². The third-order valence-corrected chi connectivity index (χ3v) is 5.00. The molecule has 0 bridgehead atoms. The molecule has 0 spiro atoms. The van der Waals surface area contributed by atoms with Crippen LogP contribution in [0.2, 0.25) is 0 Å². The van der Waals surface area contributed by atoms with Gasteiger partial charge in [-0.15, -0.1) is 0 Å². The van der Waals surface area contributed by atoms with E-state index in [0.717, 1.165) is 45.4 Å². The molecule has 0 unspecified atom stereocenters. The zero-order chi connectivity index (χ0) is 13.8. The molecule has 2 saturated heterocycles. The number of carbonyl (C=O) groups excluding carboxylic acids is 1. The van der Waals surface area contributed by atoms with Gasteiger partial charge >= 0.3 is 6.03 Å². The number of nitrogens with zero attached hydrogens (tertiary/aromatic N) is 1. The van der Waals surface area contributed by atoms with E-state index in [1.54, 1.807) is 11.3 Å². The smallest absolute Gasteiger partial charge is 0.317 e. The Morgan fingerprint density at radius 2 is 2.25 bits per heavy atom. The van der Waals surface area contributed by atoms with Crippen molar-refractivity contribution in [3.05, 3.63) is 22.4 Å². The van der Waals surface area contributed by atoms with Crippen LogP contribution in [0.15, 0.2) is 16.8 Å². The summed E-state index contributed by atoms with van der Waals surface area (Å²) >= 11 is 1.76. The first-order valence-corrected chi connectivity index (χ1v) is 8.43. The summed E-state index contributed by atoms with van der Waals surface area (Å²) in [4.78, 5) is 14.1. The van der Waals surface area contributed by atoms with Crippen LogP contribution in [0.5, 0.6) is 0 Å². The van der Waals surface area contributed by atoms with Crippen molar-refractivity contribution in [2.24, 2.45) is 0 Å². The summed E-state index contributed by atoms with van der Waals surface area (Å²) in [5.74, 6) is 0.628. The summed E-state index contributed by atoms with van der Waals surface area (Å²) in [6.45, 7) is 3.21. The molecular formula is C15H22N2O2S. The van der Waals surface area contributed by atoms with Crippen LogP contribution in [-0.4, -0.2) is 43.3 Å². The molecule has 3 rings (SSSR count). The average molecular weight is 294 g/mol. The second-order valence-electron chi connectivity index (χ2n) is 5.64. The minimum atomic E-state index is 0.0734. The van der Waals surface area contributed by atoms with Gasteiger partial charge in [0.2, 0.25) is 0 Å². The van der Waals surface area contributed by atoms with Crippen molar-refractivity contribution in [2.45, 2.75) is 37.7 Å². The molecular weight excluding hydrogens is 272 g/mol. The molecule has 4 nitrogen and oxygen atoms in total. The molecule has 110 valence electrons. The van der Waals surface area contributed by atoms with E-state index in [9.17, 15) is 4.79 Å². The molecule has 1 atom stereocenters. The molecule has 2 aliphatic heterocycles. The van der Waals surface area contributed by atoms with Crippen LogP contribution < -0.4 is 5.32 Å². The number of hydrogen-bond acceptors (Lipinski definition) is 3. The SMILES string of the molecule is O=C(NC[C@@H]1CCCO1)N1CCC(c2ccsc2)CC1. The number of rotatable bonds is 3. The van der Waals surface area contributed by atoms with Gasteiger partial charge in [-0.05, 0) is 54.0 Å². The Morgan fingerprint density at radius 1 is 1.40 bits per heavy atom. The van der Waals surface area contributed by atoms with Gasteiger partial charge in [0, 0.05) is 26.2 Å². The van der Waals surface area contributed by atoms with E-state index in [2.05, 4.69) is 22.1 Å². The number of nitrogens with one attached hydrogen (secondary N) is 1. The lowest BCUT2D eigenvalue weighted by atomic mass is 9.91. The molecule has 2 amide bonds. The van der Waals surface area contributed by atoms with Gasteiger partial charge in [-0.25, -0.2) is 4.79 Å². The van der Waals surface area contributed by atoms with E-state index < -0.39 is 0 Å². The number of hydrogen-bond donors (Lipinski definition) is 1. The van der Waals surface area contributed by atoms with Crippen molar-refractivity contribution in [2.75, 3.05) is 26.2 Å². The molecule has 0 aliphatic carbocycles. The average Bonchev–Trinajstić information content (AvgIpc) is 3.18. The quantitative estimate of drug-likeness (QED) is 0.931. The van der Waals surface area contributed by atoms with Crippen molar-refractivity contribution < 1.29 is 9.53 Å². The highest BCUT2D eigenvalue weighted by Crippen LogP contribution is 2.29. The molecule has 5 heteroatoms. The maximum Gasteiger partial charge on any atom is 0.317 e. The van der Waals surface area contributed by atoms with Crippen LogP contribution in [0.3, 0.4) is 0 Å². The van der Waals surface area contributed by atoms with Gasteiger partial charge in [-0.2, -0.15) is 11.3 Å². The van der Waals surface area contributed by atoms with Crippen LogP contribution in [0.25, 0.3) is 0 Å². The summed E-state index contributed by atoms with van der Waals surface area (Å²) in [6.07, 6.45) is 4.56. The van der Waals surface area contributed by atoms with E-state index in [4.69, 9.17) is 4.74 Å². The molecule has 2 fully saturated rings. The Balaban J connectivity index is 1.42. The Kier molecular flexibility index (Phi) is 4.58. The number of carbonyl (C=O) groups is 1. The van der Waals surface area contributed by atoms with Gasteiger partial charge in [-0.3, -0.25) is 0 Å². The fourth-order valence-electron chi connectivity index (χ4n) is 3.04. The fourth-order valence-corrected chi connectivity index (χ4v) is 3.78.